The van der Waals surface area contributed by atoms with E-state index in [2.05, 4.69) is 59.4 Å². The number of likely N-dealkylation sites (N-methyl/N-ethyl adjacent to an activating group) is 1. The van der Waals surface area contributed by atoms with Crippen molar-refractivity contribution < 1.29 is 19.1 Å². The van der Waals surface area contributed by atoms with E-state index >= 15 is 0 Å². The molecule has 3 atom stereocenters. The Balaban J connectivity index is 1.55. The first-order valence-electron chi connectivity index (χ1n) is 17.0. The fourth-order valence-electron chi connectivity index (χ4n) is 6.04. The van der Waals surface area contributed by atoms with Gasteiger partial charge in [0.15, 0.2) is 0 Å². The number of nitrogens with one attached hydrogen (secondary N) is 1. The van der Waals surface area contributed by atoms with E-state index in [4.69, 9.17) is 10.00 Å². The van der Waals surface area contributed by atoms with Crippen molar-refractivity contribution in [2.75, 3.05) is 39.3 Å². The number of ether oxygens (including phenoxy) is 1. The third-order valence-electron chi connectivity index (χ3n) is 9.27. The van der Waals surface area contributed by atoms with Crippen LogP contribution in [0.25, 0.3) is 10.8 Å². The van der Waals surface area contributed by atoms with Gasteiger partial charge in [0.25, 0.3) is 0 Å². The van der Waals surface area contributed by atoms with Crippen LogP contribution < -0.4 is 5.32 Å². The van der Waals surface area contributed by atoms with Gasteiger partial charge in [-0.25, -0.2) is 9.78 Å². The highest BCUT2D eigenvalue weighted by atomic mass is 32.2. The number of esters is 1. The number of nitrogens with zero attached hydrogens (tertiary/aromatic N) is 5. The average Bonchev–Trinajstić information content (AvgIpc) is 3.56. The van der Waals surface area contributed by atoms with Crippen molar-refractivity contribution in [1.29, 1.82) is 5.26 Å². The topological polar surface area (TPSA) is 121 Å². The van der Waals surface area contributed by atoms with Gasteiger partial charge in [-0.15, -0.1) is 0 Å². The first kappa shape index (κ1) is 38.1. The summed E-state index contributed by atoms with van der Waals surface area (Å²) in [6.07, 6.45) is 6.85. The number of rotatable bonds is 18. The lowest BCUT2D eigenvalue weighted by molar-refractivity contribution is -0.152. The lowest BCUT2D eigenvalue weighted by atomic mass is 9.97. The Kier molecular flexibility index (Phi) is 14.4. The molecule has 1 N–H and O–H groups in total. The van der Waals surface area contributed by atoms with Gasteiger partial charge in [-0.3, -0.25) is 14.5 Å². The summed E-state index contributed by atoms with van der Waals surface area (Å²) in [4.78, 5) is 48.1. The number of aromatic nitrogens is 2. The number of carbonyl (C=O) groups is 3. The van der Waals surface area contributed by atoms with E-state index in [0.717, 1.165) is 34.0 Å². The number of methoxy groups -OCH3 is 1. The molecule has 0 aliphatic heterocycles. The lowest BCUT2D eigenvalue weighted by Crippen LogP contribution is -2.51. The van der Waals surface area contributed by atoms with Gasteiger partial charge in [0.1, 0.15) is 6.04 Å². The van der Waals surface area contributed by atoms with Crippen molar-refractivity contribution in [1.82, 2.24) is 24.7 Å². The molecule has 0 saturated carbocycles. The van der Waals surface area contributed by atoms with Crippen molar-refractivity contribution in [2.45, 2.75) is 58.3 Å². The molecule has 0 saturated heterocycles. The standard InChI is InChI=1S/C39H48N6O4S/c1-6-28(2)35(42-37(46)20-33-22-41-27-45(33)23-30-16-14-29(21-40)15-17-30)25-44(24-32-12-9-11-31-10-7-8-13-34(31)32)26-38(47)43(3)36(18-19-50-5)39(48)49-4/h7-17,22,27-28,35-36H,6,18-20,23-26H2,1-5H3,(H,42,46)/t28-,35+,36-/m0/s1. The SMILES string of the molecule is CC[C@H](C)[C@@H](CN(CC(=O)N(C)[C@@H](CCSC)C(=O)OC)Cc1cccc2ccccc12)NC(=O)Cc1cncn1Cc1ccc(C#N)cc1. The van der Waals surface area contributed by atoms with Crippen molar-refractivity contribution in [3.63, 3.8) is 0 Å². The highest BCUT2D eigenvalue weighted by molar-refractivity contribution is 7.98. The van der Waals surface area contributed by atoms with Gasteiger partial charge in [-0.05, 0) is 58.4 Å². The Bertz CT molecular complexity index is 1760. The molecule has 10 nitrogen and oxygen atoms in total. The molecule has 4 rings (SSSR count). The normalized spacial score (nSPS) is 13.0. The number of carbonyl (C=O) groups excluding carboxylic acids is 3. The van der Waals surface area contributed by atoms with Crippen LogP contribution in [0.2, 0.25) is 0 Å². The largest absolute Gasteiger partial charge is 0.467 e. The number of amides is 2. The quantitative estimate of drug-likeness (QED) is 0.140. The van der Waals surface area contributed by atoms with E-state index in [1.54, 1.807) is 43.5 Å². The number of hydrogen-bond donors (Lipinski definition) is 1. The fourth-order valence-corrected chi connectivity index (χ4v) is 6.50. The van der Waals surface area contributed by atoms with Gasteiger partial charge in [-0.2, -0.15) is 17.0 Å². The number of benzene rings is 3. The molecule has 0 fully saturated rings. The summed E-state index contributed by atoms with van der Waals surface area (Å²) in [5.74, 6) is 0.0790. The first-order valence-corrected chi connectivity index (χ1v) is 18.4. The highest BCUT2D eigenvalue weighted by Gasteiger charge is 2.30. The summed E-state index contributed by atoms with van der Waals surface area (Å²) in [5, 5.41) is 14.6. The lowest BCUT2D eigenvalue weighted by Gasteiger charge is -2.33. The summed E-state index contributed by atoms with van der Waals surface area (Å²) in [7, 11) is 3.01. The van der Waals surface area contributed by atoms with Crippen molar-refractivity contribution in [3.05, 3.63) is 102 Å². The molecule has 0 aliphatic rings. The molecule has 0 radical (unpaired) electrons. The highest BCUT2D eigenvalue weighted by Crippen LogP contribution is 2.22. The molecule has 50 heavy (non-hydrogen) atoms. The Morgan fingerprint density at radius 1 is 1.08 bits per heavy atom. The second-order valence-electron chi connectivity index (χ2n) is 12.7. The molecule has 264 valence electrons. The maximum atomic E-state index is 13.9. The predicted molar refractivity (Wildman–Crippen MR) is 198 cm³/mol. The number of imidazole rings is 1. The molecule has 0 spiro atoms. The number of hydrogen-bond acceptors (Lipinski definition) is 8. The molecular formula is C39H48N6O4S. The van der Waals surface area contributed by atoms with Crippen molar-refractivity contribution in [2.24, 2.45) is 5.92 Å². The minimum absolute atomic E-state index is 0.0622. The van der Waals surface area contributed by atoms with Crippen LogP contribution in [-0.2, 0) is 38.6 Å². The smallest absolute Gasteiger partial charge is 0.328 e. The summed E-state index contributed by atoms with van der Waals surface area (Å²) in [6, 6.07) is 22.9. The fraction of sp³-hybridized carbons (Fsp3) is 0.410. The van der Waals surface area contributed by atoms with Crippen LogP contribution in [0.15, 0.2) is 79.3 Å². The van der Waals surface area contributed by atoms with E-state index in [9.17, 15) is 14.4 Å². The van der Waals surface area contributed by atoms with Crippen LogP contribution in [-0.4, -0.2) is 88.5 Å². The second-order valence-corrected chi connectivity index (χ2v) is 13.7. The number of fused-ring (bicyclic) bond motifs is 1. The van der Waals surface area contributed by atoms with E-state index in [1.165, 1.54) is 12.0 Å². The minimum atomic E-state index is -0.682. The zero-order valence-corrected chi connectivity index (χ0v) is 30.5. The summed E-state index contributed by atoms with van der Waals surface area (Å²) < 4.78 is 7.00. The molecule has 1 aromatic heterocycles. The summed E-state index contributed by atoms with van der Waals surface area (Å²) in [6.45, 7) is 5.71. The van der Waals surface area contributed by atoms with Crippen LogP contribution in [0.3, 0.4) is 0 Å². The van der Waals surface area contributed by atoms with Crippen LogP contribution in [0.4, 0.5) is 0 Å². The predicted octanol–water partition coefficient (Wildman–Crippen LogP) is 5.28. The molecular weight excluding hydrogens is 649 g/mol. The first-order chi connectivity index (χ1) is 24.2. The third kappa shape index (κ3) is 10.4. The maximum Gasteiger partial charge on any atom is 0.328 e. The zero-order valence-electron chi connectivity index (χ0n) is 29.7. The van der Waals surface area contributed by atoms with Gasteiger partial charge in [-0.1, -0.05) is 74.9 Å². The Morgan fingerprint density at radius 2 is 1.82 bits per heavy atom. The number of thioether (sulfide) groups is 1. The molecule has 1 heterocycles. The molecule has 4 aromatic rings. The molecule has 3 aromatic carbocycles. The van der Waals surface area contributed by atoms with Gasteiger partial charge < -0.3 is 19.5 Å². The summed E-state index contributed by atoms with van der Waals surface area (Å²) in [5.41, 5.74) is 3.45. The summed E-state index contributed by atoms with van der Waals surface area (Å²) >= 11 is 1.61. The van der Waals surface area contributed by atoms with Crippen LogP contribution >= 0.6 is 11.8 Å². The van der Waals surface area contributed by atoms with Crippen LogP contribution in [0, 0.1) is 17.2 Å². The van der Waals surface area contributed by atoms with E-state index < -0.39 is 12.0 Å². The van der Waals surface area contributed by atoms with Gasteiger partial charge in [0.05, 0.1) is 38.0 Å². The average molecular weight is 697 g/mol. The Labute approximate surface area is 299 Å². The zero-order chi connectivity index (χ0) is 36.0. The minimum Gasteiger partial charge on any atom is -0.467 e. The van der Waals surface area contributed by atoms with Crippen LogP contribution in [0.5, 0.6) is 0 Å². The van der Waals surface area contributed by atoms with E-state index in [1.807, 2.05) is 41.2 Å². The molecule has 0 bridgehead atoms. The maximum absolute atomic E-state index is 13.9. The van der Waals surface area contributed by atoms with Crippen molar-refractivity contribution in [3.8, 4) is 6.07 Å². The van der Waals surface area contributed by atoms with Crippen LogP contribution in [0.1, 0.15) is 49.1 Å². The molecule has 0 aliphatic carbocycles. The molecule has 11 heteroatoms. The Hall–Kier alpha value is -4.66. The molecule has 2 amide bonds. The second kappa shape index (κ2) is 18.9. The number of nitriles is 1. The van der Waals surface area contributed by atoms with Gasteiger partial charge in [0.2, 0.25) is 11.8 Å². The van der Waals surface area contributed by atoms with E-state index in [-0.39, 0.29) is 36.7 Å². The monoisotopic (exact) mass is 696 g/mol. The molecule has 0 unspecified atom stereocenters. The van der Waals surface area contributed by atoms with Gasteiger partial charge in [0, 0.05) is 44.6 Å². The Morgan fingerprint density at radius 3 is 2.52 bits per heavy atom. The van der Waals surface area contributed by atoms with E-state index in [0.29, 0.717) is 37.4 Å². The van der Waals surface area contributed by atoms with Gasteiger partial charge >= 0.3 is 5.97 Å². The third-order valence-corrected chi connectivity index (χ3v) is 9.91. The van der Waals surface area contributed by atoms with Crippen molar-refractivity contribution >= 4 is 40.3 Å².